The zero-order valence-corrected chi connectivity index (χ0v) is 10.9. The van der Waals surface area contributed by atoms with Crippen molar-refractivity contribution >= 4 is 11.9 Å². The van der Waals surface area contributed by atoms with Gasteiger partial charge in [0.1, 0.15) is 6.04 Å². The molecule has 6 nitrogen and oxygen atoms in total. The number of nitrogens with one attached hydrogen (secondary N) is 1. The number of hydrogen-bond acceptors (Lipinski definition) is 5. The van der Waals surface area contributed by atoms with Crippen molar-refractivity contribution in [1.82, 2.24) is 9.97 Å². The fraction of sp³-hybridized carbons (Fsp3) is 0.583. The van der Waals surface area contributed by atoms with Gasteiger partial charge in [-0.2, -0.15) is 4.98 Å². The molecule has 6 heteroatoms. The molecule has 18 heavy (non-hydrogen) atoms. The summed E-state index contributed by atoms with van der Waals surface area (Å²) >= 11 is 0. The first-order valence-electron chi connectivity index (χ1n) is 6.04. The Kier molecular flexibility index (Phi) is 5.35. The van der Waals surface area contributed by atoms with Crippen molar-refractivity contribution in [2.45, 2.75) is 39.7 Å². The summed E-state index contributed by atoms with van der Waals surface area (Å²) in [4.78, 5) is 19.3. The molecule has 0 fully saturated rings. The Labute approximate surface area is 106 Å². The predicted molar refractivity (Wildman–Crippen MR) is 67.9 cm³/mol. The van der Waals surface area contributed by atoms with Gasteiger partial charge in [-0.15, -0.1) is 0 Å². The SMILES string of the molecule is CCCC(Nc1nc(C)cc(OCC)n1)C(=O)O. The van der Waals surface area contributed by atoms with E-state index in [-0.39, 0.29) is 0 Å². The smallest absolute Gasteiger partial charge is 0.326 e. The summed E-state index contributed by atoms with van der Waals surface area (Å²) in [5.74, 6) is -0.160. The van der Waals surface area contributed by atoms with Crippen LogP contribution < -0.4 is 10.1 Å². The zero-order valence-electron chi connectivity index (χ0n) is 10.9. The standard InChI is InChI=1S/C12H19N3O3/c1-4-6-9(11(16)17)14-12-13-8(3)7-10(15-12)18-5-2/h7,9H,4-6H2,1-3H3,(H,16,17)(H,13,14,15). The largest absolute Gasteiger partial charge is 0.480 e. The number of aromatic nitrogens is 2. The monoisotopic (exact) mass is 253 g/mol. The molecule has 0 saturated carbocycles. The molecule has 2 N–H and O–H groups in total. The molecule has 0 saturated heterocycles. The Bertz CT molecular complexity index is 410. The molecule has 1 heterocycles. The molecule has 1 unspecified atom stereocenters. The highest BCUT2D eigenvalue weighted by Crippen LogP contribution is 2.13. The number of aryl methyl sites for hydroxylation is 1. The third-order valence-electron chi connectivity index (χ3n) is 2.30. The maximum absolute atomic E-state index is 11.0. The van der Waals surface area contributed by atoms with Crippen molar-refractivity contribution in [2.24, 2.45) is 0 Å². The lowest BCUT2D eigenvalue weighted by atomic mass is 10.2. The lowest BCUT2D eigenvalue weighted by Gasteiger charge is -2.14. The van der Waals surface area contributed by atoms with E-state index in [2.05, 4.69) is 15.3 Å². The third kappa shape index (κ3) is 4.20. The van der Waals surface area contributed by atoms with E-state index in [0.29, 0.717) is 24.9 Å². The molecule has 0 radical (unpaired) electrons. The van der Waals surface area contributed by atoms with Gasteiger partial charge in [-0.1, -0.05) is 13.3 Å². The first kappa shape index (κ1) is 14.2. The molecular weight excluding hydrogens is 234 g/mol. The van der Waals surface area contributed by atoms with Crippen LogP contribution >= 0.6 is 0 Å². The fourth-order valence-electron chi connectivity index (χ4n) is 1.53. The van der Waals surface area contributed by atoms with E-state index in [9.17, 15) is 4.79 Å². The number of rotatable bonds is 7. The second-order valence-corrected chi connectivity index (χ2v) is 3.93. The number of hydrogen-bond donors (Lipinski definition) is 2. The summed E-state index contributed by atoms with van der Waals surface area (Å²) in [5, 5.41) is 11.9. The van der Waals surface area contributed by atoms with Crippen molar-refractivity contribution in [3.8, 4) is 5.88 Å². The Morgan fingerprint density at radius 1 is 1.50 bits per heavy atom. The first-order valence-corrected chi connectivity index (χ1v) is 6.04. The first-order chi connectivity index (χ1) is 8.56. The molecule has 0 aliphatic rings. The number of aliphatic carboxylic acids is 1. The van der Waals surface area contributed by atoms with Crippen molar-refractivity contribution in [3.63, 3.8) is 0 Å². The van der Waals surface area contributed by atoms with E-state index < -0.39 is 12.0 Å². The molecule has 1 aromatic rings. The molecule has 1 rings (SSSR count). The van der Waals surface area contributed by atoms with Crippen LogP contribution in [0.25, 0.3) is 0 Å². The van der Waals surface area contributed by atoms with Gasteiger partial charge in [0, 0.05) is 11.8 Å². The van der Waals surface area contributed by atoms with Gasteiger partial charge in [0.25, 0.3) is 0 Å². The molecule has 0 aromatic carbocycles. The van der Waals surface area contributed by atoms with Crippen molar-refractivity contribution in [1.29, 1.82) is 0 Å². The van der Waals surface area contributed by atoms with Gasteiger partial charge in [0.15, 0.2) is 0 Å². The molecule has 1 aromatic heterocycles. The van der Waals surface area contributed by atoms with Gasteiger partial charge in [0.05, 0.1) is 6.61 Å². The lowest BCUT2D eigenvalue weighted by molar-refractivity contribution is -0.138. The average molecular weight is 253 g/mol. The van der Waals surface area contributed by atoms with Gasteiger partial charge in [0.2, 0.25) is 11.8 Å². The number of carbonyl (C=O) groups is 1. The number of carboxylic acid groups (broad SMARTS) is 1. The maximum Gasteiger partial charge on any atom is 0.326 e. The number of nitrogens with zero attached hydrogens (tertiary/aromatic N) is 2. The minimum atomic E-state index is -0.903. The third-order valence-corrected chi connectivity index (χ3v) is 2.30. The van der Waals surface area contributed by atoms with Gasteiger partial charge in [-0.05, 0) is 20.3 Å². The Balaban J connectivity index is 2.84. The quantitative estimate of drug-likeness (QED) is 0.771. The molecule has 0 spiro atoms. The fourth-order valence-corrected chi connectivity index (χ4v) is 1.53. The summed E-state index contributed by atoms with van der Waals surface area (Å²) in [7, 11) is 0. The molecule has 0 aliphatic carbocycles. The Hall–Kier alpha value is -1.85. The highest BCUT2D eigenvalue weighted by molar-refractivity contribution is 5.76. The lowest BCUT2D eigenvalue weighted by Crippen LogP contribution is -2.30. The molecule has 0 aliphatic heterocycles. The summed E-state index contributed by atoms with van der Waals surface area (Å²) in [6.07, 6.45) is 1.30. The second-order valence-electron chi connectivity index (χ2n) is 3.93. The normalized spacial score (nSPS) is 11.9. The maximum atomic E-state index is 11.0. The molecule has 100 valence electrons. The van der Waals surface area contributed by atoms with Gasteiger partial charge in [-0.25, -0.2) is 9.78 Å². The minimum Gasteiger partial charge on any atom is -0.480 e. The number of ether oxygens (including phenoxy) is 1. The van der Waals surface area contributed by atoms with Crippen LogP contribution in [0.15, 0.2) is 6.07 Å². The van der Waals surface area contributed by atoms with Crippen molar-refractivity contribution < 1.29 is 14.6 Å². The highest BCUT2D eigenvalue weighted by atomic mass is 16.5. The summed E-state index contributed by atoms with van der Waals surface area (Å²) in [6.45, 7) is 6.11. The van der Waals surface area contributed by atoms with Crippen LogP contribution in [-0.4, -0.2) is 33.7 Å². The summed E-state index contributed by atoms with van der Waals surface area (Å²) in [5.41, 5.74) is 0.733. The van der Waals surface area contributed by atoms with E-state index in [4.69, 9.17) is 9.84 Å². The Morgan fingerprint density at radius 3 is 2.78 bits per heavy atom. The van der Waals surface area contributed by atoms with Crippen LogP contribution in [-0.2, 0) is 4.79 Å². The minimum absolute atomic E-state index is 0.291. The van der Waals surface area contributed by atoms with E-state index in [1.54, 1.807) is 6.07 Å². The molecular formula is C12H19N3O3. The van der Waals surface area contributed by atoms with Gasteiger partial charge < -0.3 is 15.2 Å². The van der Waals surface area contributed by atoms with Gasteiger partial charge >= 0.3 is 5.97 Å². The van der Waals surface area contributed by atoms with E-state index in [1.807, 2.05) is 20.8 Å². The molecule has 0 amide bonds. The molecule has 0 bridgehead atoms. The van der Waals surface area contributed by atoms with Crippen molar-refractivity contribution in [3.05, 3.63) is 11.8 Å². The highest BCUT2D eigenvalue weighted by Gasteiger charge is 2.17. The predicted octanol–water partition coefficient (Wildman–Crippen LogP) is 1.85. The van der Waals surface area contributed by atoms with E-state index in [0.717, 1.165) is 12.1 Å². The van der Waals surface area contributed by atoms with E-state index >= 15 is 0 Å². The van der Waals surface area contributed by atoms with Crippen molar-refractivity contribution in [2.75, 3.05) is 11.9 Å². The number of anilines is 1. The Morgan fingerprint density at radius 2 is 2.22 bits per heavy atom. The second kappa shape index (κ2) is 6.78. The summed E-state index contributed by atoms with van der Waals surface area (Å²) < 4.78 is 5.29. The van der Waals surface area contributed by atoms with Crippen LogP contribution in [0, 0.1) is 6.92 Å². The molecule has 1 atom stereocenters. The van der Waals surface area contributed by atoms with Crippen LogP contribution in [0.2, 0.25) is 0 Å². The van der Waals surface area contributed by atoms with Crippen LogP contribution in [0.4, 0.5) is 5.95 Å². The van der Waals surface area contributed by atoms with E-state index in [1.165, 1.54) is 0 Å². The number of carboxylic acids is 1. The summed E-state index contributed by atoms with van der Waals surface area (Å²) in [6, 6.07) is 1.04. The average Bonchev–Trinajstić information content (AvgIpc) is 2.28. The van der Waals surface area contributed by atoms with Crippen LogP contribution in [0.3, 0.4) is 0 Å². The van der Waals surface area contributed by atoms with Gasteiger partial charge in [-0.3, -0.25) is 0 Å². The van der Waals surface area contributed by atoms with Crippen LogP contribution in [0.1, 0.15) is 32.4 Å². The zero-order chi connectivity index (χ0) is 13.5. The topological polar surface area (TPSA) is 84.3 Å². The van der Waals surface area contributed by atoms with Crippen LogP contribution in [0.5, 0.6) is 5.88 Å².